The Morgan fingerprint density at radius 3 is 1.81 bits per heavy atom. The molecule has 4 nitrogen and oxygen atoms in total. The van der Waals surface area contributed by atoms with Crippen LogP contribution in [0.1, 0.15) is 18.1 Å². The van der Waals surface area contributed by atoms with Gasteiger partial charge in [0.2, 0.25) is 0 Å². The number of nitrogens with zero attached hydrogens (tertiary/aromatic N) is 1. The van der Waals surface area contributed by atoms with E-state index in [4.69, 9.17) is 4.74 Å². The van der Waals surface area contributed by atoms with E-state index < -0.39 is 6.09 Å². The Bertz CT molecular complexity index is 777. The second-order valence-corrected chi connectivity index (χ2v) is 6.04. The lowest BCUT2D eigenvalue weighted by atomic mass is 9.94. The number of amides is 1. The van der Waals surface area contributed by atoms with Crippen LogP contribution < -0.4 is 0 Å². The summed E-state index contributed by atoms with van der Waals surface area (Å²) in [6.07, 6.45) is 3.27. The van der Waals surface area contributed by atoms with Crippen LogP contribution in [-0.4, -0.2) is 36.5 Å². The third-order valence-corrected chi connectivity index (χ3v) is 4.11. The minimum atomic E-state index is -0.405. The monoisotopic (exact) mass is 347 g/mol. The molecule has 0 radical (unpaired) electrons. The van der Waals surface area contributed by atoms with Crippen LogP contribution in [0.25, 0.3) is 12.2 Å². The summed E-state index contributed by atoms with van der Waals surface area (Å²) in [4.78, 5) is 26.7. The van der Waals surface area contributed by atoms with E-state index in [1.54, 1.807) is 11.8 Å². The number of Topliss-reactive ketones (excluding diaryl/α,β-unsaturated/α-hetero) is 1. The van der Waals surface area contributed by atoms with Gasteiger partial charge in [0.15, 0.2) is 5.78 Å². The predicted molar refractivity (Wildman–Crippen MR) is 102 cm³/mol. The number of ketones is 1. The van der Waals surface area contributed by atoms with Crippen molar-refractivity contribution in [1.29, 1.82) is 0 Å². The van der Waals surface area contributed by atoms with Crippen molar-refractivity contribution in [3.05, 3.63) is 82.9 Å². The zero-order valence-electron chi connectivity index (χ0n) is 14.7. The molecule has 0 aromatic heterocycles. The van der Waals surface area contributed by atoms with Crippen LogP contribution in [0.4, 0.5) is 4.79 Å². The van der Waals surface area contributed by atoms with Gasteiger partial charge >= 0.3 is 6.09 Å². The molecule has 0 unspecified atom stereocenters. The van der Waals surface area contributed by atoms with Gasteiger partial charge in [0.1, 0.15) is 0 Å². The van der Waals surface area contributed by atoms with Gasteiger partial charge in [-0.05, 0) is 30.2 Å². The first-order valence-corrected chi connectivity index (χ1v) is 8.65. The van der Waals surface area contributed by atoms with Gasteiger partial charge in [0.25, 0.3) is 0 Å². The number of carbonyl (C=O) groups excluding carboxylic acids is 2. The molecule has 0 N–H and O–H groups in total. The normalized spacial score (nSPS) is 17.6. The Kier molecular flexibility index (Phi) is 5.64. The van der Waals surface area contributed by atoms with Gasteiger partial charge in [-0.1, -0.05) is 60.7 Å². The van der Waals surface area contributed by atoms with Crippen molar-refractivity contribution in [1.82, 2.24) is 4.90 Å². The van der Waals surface area contributed by atoms with E-state index in [1.807, 2.05) is 72.8 Å². The van der Waals surface area contributed by atoms with Gasteiger partial charge in [-0.25, -0.2) is 4.79 Å². The number of piperidine rings is 1. The van der Waals surface area contributed by atoms with Crippen LogP contribution in [0.15, 0.2) is 71.8 Å². The summed E-state index contributed by atoms with van der Waals surface area (Å²) in [6.45, 7) is 2.57. The van der Waals surface area contributed by atoms with Crippen molar-refractivity contribution < 1.29 is 14.3 Å². The highest BCUT2D eigenvalue weighted by Gasteiger charge is 2.29. The van der Waals surface area contributed by atoms with Crippen LogP contribution in [0.2, 0.25) is 0 Å². The molecule has 1 amide bonds. The molecule has 26 heavy (non-hydrogen) atoms. The number of hydrogen-bond donors (Lipinski definition) is 0. The molecule has 0 atom stereocenters. The van der Waals surface area contributed by atoms with E-state index in [9.17, 15) is 9.59 Å². The highest BCUT2D eigenvalue weighted by atomic mass is 16.6. The third-order valence-electron chi connectivity index (χ3n) is 4.11. The smallest absolute Gasteiger partial charge is 0.410 e. The number of benzene rings is 2. The standard InChI is InChI=1S/C22H21NO3/c1-2-26-22(25)23-15-19(13-17-9-5-3-6-10-17)21(24)20(16-23)14-18-11-7-4-8-12-18/h3-14H,2,15-16H2,1H3/b19-13-,20-14+. The van der Waals surface area contributed by atoms with Crippen LogP contribution in [0.3, 0.4) is 0 Å². The fourth-order valence-electron chi connectivity index (χ4n) is 2.88. The van der Waals surface area contributed by atoms with Crippen molar-refractivity contribution in [2.45, 2.75) is 6.92 Å². The average Bonchev–Trinajstić information content (AvgIpc) is 2.66. The first-order valence-electron chi connectivity index (χ1n) is 8.65. The first-order chi connectivity index (χ1) is 12.7. The molecule has 1 fully saturated rings. The van der Waals surface area contributed by atoms with Gasteiger partial charge in [0.05, 0.1) is 19.7 Å². The summed E-state index contributed by atoms with van der Waals surface area (Å²) in [5.74, 6) is -0.0294. The molecule has 2 aromatic carbocycles. The zero-order valence-corrected chi connectivity index (χ0v) is 14.7. The third kappa shape index (κ3) is 4.28. The SMILES string of the molecule is CCOC(=O)N1C/C(=C/c2ccccc2)C(=O)/C(=C/c2ccccc2)C1. The first kappa shape index (κ1) is 17.7. The van der Waals surface area contributed by atoms with Gasteiger partial charge < -0.3 is 4.74 Å². The highest BCUT2D eigenvalue weighted by molar-refractivity contribution is 6.15. The Morgan fingerprint density at radius 2 is 1.38 bits per heavy atom. The average molecular weight is 347 g/mol. The van der Waals surface area contributed by atoms with Crippen molar-refractivity contribution in [2.24, 2.45) is 0 Å². The molecule has 0 saturated carbocycles. The van der Waals surface area contributed by atoms with E-state index in [0.717, 1.165) is 11.1 Å². The Balaban J connectivity index is 1.96. The Hall–Kier alpha value is -3.14. The molecular weight excluding hydrogens is 326 g/mol. The molecule has 1 aliphatic rings. The molecule has 3 rings (SSSR count). The molecular formula is C22H21NO3. The highest BCUT2D eigenvalue weighted by Crippen LogP contribution is 2.22. The molecule has 0 bridgehead atoms. The molecule has 2 aromatic rings. The summed E-state index contributed by atoms with van der Waals surface area (Å²) >= 11 is 0. The maximum absolute atomic E-state index is 12.9. The predicted octanol–water partition coefficient (Wildman–Crippen LogP) is 4.19. The van der Waals surface area contributed by atoms with Gasteiger partial charge in [-0.3, -0.25) is 9.69 Å². The second kappa shape index (κ2) is 8.30. The number of rotatable bonds is 3. The summed E-state index contributed by atoms with van der Waals surface area (Å²) < 4.78 is 5.13. The minimum Gasteiger partial charge on any atom is -0.450 e. The largest absolute Gasteiger partial charge is 0.450 e. The maximum Gasteiger partial charge on any atom is 0.410 e. The fourth-order valence-corrected chi connectivity index (χ4v) is 2.88. The van der Waals surface area contributed by atoms with Crippen molar-refractivity contribution >= 4 is 24.0 Å². The number of likely N-dealkylation sites (tertiary alicyclic amines) is 1. The second-order valence-electron chi connectivity index (χ2n) is 6.04. The van der Waals surface area contributed by atoms with Crippen LogP contribution >= 0.6 is 0 Å². The van der Waals surface area contributed by atoms with Crippen molar-refractivity contribution in [3.63, 3.8) is 0 Å². The molecule has 1 saturated heterocycles. The van der Waals surface area contributed by atoms with Crippen molar-refractivity contribution in [3.8, 4) is 0 Å². The molecule has 0 spiro atoms. The minimum absolute atomic E-state index is 0.0294. The van der Waals surface area contributed by atoms with E-state index in [1.165, 1.54) is 0 Å². The van der Waals surface area contributed by atoms with Crippen molar-refractivity contribution in [2.75, 3.05) is 19.7 Å². The summed E-state index contributed by atoms with van der Waals surface area (Å²) in [6, 6.07) is 19.3. The molecule has 1 aliphatic heterocycles. The molecule has 1 heterocycles. The molecule has 132 valence electrons. The van der Waals surface area contributed by atoms with Gasteiger partial charge in [-0.15, -0.1) is 0 Å². The molecule has 0 aliphatic carbocycles. The van der Waals surface area contributed by atoms with Crippen LogP contribution in [-0.2, 0) is 9.53 Å². The number of carbonyl (C=O) groups is 2. The van der Waals surface area contributed by atoms with Gasteiger partial charge in [-0.2, -0.15) is 0 Å². The zero-order chi connectivity index (χ0) is 18.4. The topological polar surface area (TPSA) is 46.6 Å². The summed E-state index contributed by atoms with van der Waals surface area (Å²) in [5.41, 5.74) is 3.02. The molecule has 4 heteroatoms. The van der Waals surface area contributed by atoms with Crippen LogP contribution in [0, 0.1) is 0 Å². The summed E-state index contributed by atoms with van der Waals surface area (Å²) in [7, 11) is 0. The fraction of sp³-hybridized carbons (Fsp3) is 0.182. The summed E-state index contributed by atoms with van der Waals surface area (Å²) in [5, 5.41) is 0. The quantitative estimate of drug-likeness (QED) is 0.782. The van der Waals surface area contributed by atoms with E-state index in [2.05, 4.69) is 0 Å². The van der Waals surface area contributed by atoms with E-state index >= 15 is 0 Å². The Labute approximate surface area is 153 Å². The lowest BCUT2D eigenvalue weighted by Crippen LogP contribution is -2.41. The number of hydrogen-bond acceptors (Lipinski definition) is 3. The van der Waals surface area contributed by atoms with Gasteiger partial charge in [0, 0.05) is 11.1 Å². The maximum atomic E-state index is 12.9. The lowest BCUT2D eigenvalue weighted by Gasteiger charge is -2.29. The van der Waals surface area contributed by atoms with E-state index in [0.29, 0.717) is 17.8 Å². The number of ether oxygens (including phenoxy) is 1. The Morgan fingerprint density at radius 1 is 0.923 bits per heavy atom. The van der Waals surface area contributed by atoms with E-state index in [-0.39, 0.29) is 18.9 Å². The lowest BCUT2D eigenvalue weighted by molar-refractivity contribution is -0.113. The van der Waals surface area contributed by atoms with Crippen LogP contribution in [0.5, 0.6) is 0 Å².